The van der Waals surface area contributed by atoms with Gasteiger partial charge >= 0.3 is 5.97 Å². The molecule has 1 aliphatic rings. The lowest BCUT2D eigenvalue weighted by Crippen LogP contribution is -2.31. The minimum absolute atomic E-state index is 0.0891. The van der Waals surface area contributed by atoms with Gasteiger partial charge < -0.3 is 10.4 Å². The van der Waals surface area contributed by atoms with Gasteiger partial charge in [-0.15, -0.1) is 0 Å². The van der Waals surface area contributed by atoms with Crippen molar-refractivity contribution in [1.29, 1.82) is 0 Å². The van der Waals surface area contributed by atoms with Crippen LogP contribution in [0.2, 0.25) is 0 Å². The highest BCUT2D eigenvalue weighted by atomic mass is 16.4. The Hall–Kier alpha value is -2.18. The van der Waals surface area contributed by atoms with Crippen LogP contribution in [0.1, 0.15) is 44.5 Å². The molecule has 1 aliphatic carbocycles. The Morgan fingerprint density at radius 2 is 1.87 bits per heavy atom. The van der Waals surface area contributed by atoms with Gasteiger partial charge in [0, 0.05) is 12.1 Å². The molecule has 1 amide bonds. The van der Waals surface area contributed by atoms with E-state index in [1.807, 2.05) is 13.8 Å². The van der Waals surface area contributed by atoms with Crippen molar-refractivity contribution in [2.24, 2.45) is 17.3 Å². The summed E-state index contributed by atoms with van der Waals surface area (Å²) in [7, 11) is 0. The van der Waals surface area contributed by atoms with E-state index in [0.29, 0.717) is 18.4 Å². The van der Waals surface area contributed by atoms with Crippen molar-refractivity contribution in [2.45, 2.75) is 47.1 Å². The predicted octanol–water partition coefficient (Wildman–Crippen LogP) is 0.868. The predicted molar refractivity (Wildman–Crippen MR) is 83.9 cm³/mol. The topological polar surface area (TPSA) is 112 Å². The van der Waals surface area contributed by atoms with E-state index >= 15 is 0 Å². The zero-order valence-electron chi connectivity index (χ0n) is 13.9. The molecule has 0 saturated heterocycles. The van der Waals surface area contributed by atoms with Crippen LogP contribution >= 0.6 is 0 Å². The number of rotatable bonds is 6. The zero-order chi connectivity index (χ0) is 17.4. The molecule has 0 spiro atoms. The third kappa shape index (κ3) is 3.00. The van der Waals surface area contributed by atoms with Crippen molar-refractivity contribution in [3.8, 4) is 0 Å². The Morgan fingerprint density at radius 1 is 1.22 bits per heavy atom. The summed E-state index contributed by atoms with van der Waals surface area (Å²) in [5.41, 5.74) is 1.29. The molecule has 7 heteroatoms. The minimum Gasteiger partial charge on any atom is -0.481 e. The number of aromatic nitrogens is 2. The van der Waals surface area contributed by atoms with E-state index < -0.39 is 23.2 Å². The number of hydrogen-bond donors (Lipinski definition) is 3. The van der Waals surface area contributed by atoms with Crippen molar-refractivity contribution in [1.82, 2.24) is 15.5 Å². The lowest BCUT2D eigenvalue weighted by Gasteiger charge is -2.11. The molecule has 0 aromatic carbocycles. The Morgan fingerprint density at radius 3 is 2.35 bits per heavy atom. The van der Waals surface area contributed by atoms with Gasteiger partial charge in [0.05, 0.1) is 17.5 Å². The number of nitrogens with zero attached hydrogens (tertiary/aromatic N) is 1. The van der Waals surface area contributed by atoms with Gasteiger partial charge in [-0.05, 0) is 23.8 Å². The van der Waals surface area contributed by atoms with Gasteiger partial charge in [0.25, 0.3) is 5.56 Å². The summed E-state index contributed by atoms with van der Waals surface area (Å²) >= 11 is 0. The number of aromatic amines is 1. The fraction of sp³-hybridized carbons (Fsp3) is 0.625. The molecule has 0 unspecified atom stereocenters. The third-order valence-electron chi connectivity index (χ3n) is 4.78. The second-order valence-corrected chi connectivity index (χ2v) is 6.50. The molecule has 2 atom stereocenters. The van der Waals surface area contributed by atoms with Crippen molar-refractivity contribution >= 4 is 11.9 Å². The molecule has 7 nitrogen and oxygen atoms in total. The first-order valence-electron chi connectivity index (χ1n) is 7.85. The van der Waals surface area contributed by atoms with Crippen LogP contribution in [0.4, 0.5) is 0 Å². The molecule has 3 N–H and O–H groups in total. The van der Waals surface area contributed by atoms with Crippen LogP contribution in [0.25, 0.3) is 0 Å². The van der Waals surface area contributed by atoms with E-state index in [4.69, 9.17) is 5.11 Å². The molecule has 1 aromatic rings. The first kappa shape index (κ1) is 17.2. The van der Waals surface area contributed by atoms with Crippen LogP contribution in [-0.2, 0) is 29.0 Å². The number of amides is 1. The number of carboxylic acid groups (broad SMARTS) is 1. The quantitative estimate of drug-likeness (QED) is 0.719. The highest BCUT2D eigenvalue weighted by Crippen LogP contribution is 2.58. The van der Waals surface area contributed by atoms with E-state index in [-0.39, 0.29) is 18.0 Å². The summed E-state index contributed by atoms with van der Waals surface area (Å²) < 4.78 is 0. The first-order chi connectivity index (χ1) is 10.8. The van der Waals surface area contributed by atoms with E-state index in [2.05, 4.69) is 15.5 Å². The van der Waals surface area contributed by atoms with Gasteiger partial charge in [0.2, 0.25) is 5.91 Å². The zero-order valence-corrected chi connectivity index (χ0v) is 13.9. The number of carboxylic acids is 1. The molecule has 0 bridgehead atoms. The molecule has 2 rings (SSSR count). The standard InChI is InChI=1S/C16H23N3O4/c1-5-8-9(13(20)19-18-10(8)6-2)7-17-14(21)11-12(15(22)23)16(11,3)4/h11-12H,5-7H2,1-4H3,(H,17,21)(H,19,20)(H,22,23)/t11-,12+/m0/s1. The molecular formula is C16H23N3O4. The maximum Gasteiger partial charge on any atom is 0.307 e. The smallest absolute Gasteiger partial charge is 0.307 e. The van der Waals surface area contributed by atoms with Gasteiger partial charge in [0.1, 0.15) is 0 Å². The molecular weight excluding hydrogens is 298 g/mol. The summed E-state index contributed by atoms with van der Waals surface area (Å²) in [4.78, 5) is 35.4. The highest BCUT2D eigenvalue weighted by molar-refractivity contribution is 5.91. The van der Waals surface area contributed by atoms with Crippen molar-refractivity contribution < 1.29 is 14.7 Å². The summed E-state index contributed by atoms with van der Waals surface area (Å²) in [5, 5.41) is 18.4. The van der Waals surface area contributed by atoms with Crippen molar-refractivity contribution in [3.05, 3.63) is 27.2 Å². The SMILES string of the molecule is CCc1n[nH]c(=O)c(CNC(=O)[C@@H]2[C@H](C(=O)O)C2(C)C)c1CC. The highest BCUT2D eigenvalue weighted by Gasteiger charge is 2.65. The summed E-state index contributed by atoms with van der Waals surface area (Å²) in [6.07, 6.45) is 1.34. The normalized spacial score (nSPS) is 21.7. The molecule has 1 aromatic heterocycles. The fourth-order valence-corrected chi connectivity index (χ4v) is 3.33. The Kier molecular flexibility index (Phi) is 4.58. The second kappa shape index (κ2) is 6.14. The Labute approximate surface area is 134 Å². The molecule has 1 heterocycles. The van der Waals surface area contributed by atoms with Crippen molar-refractivity contribution in [2.75, 3.05) is 0 Å². The van der Waals surface area contributed by atoms with Gasteiger partial charge in [-0.3, -0.25) is 14.4 Å². The van der Waals surface area contributed by atoms with Crippen LogP contribution in [-0.4, -0.2) is 27.2 Å². The number of aliphatic carboxylic acids is 1. The van der Waals surface area contributed by atoms with Gasteiger partial charge in [-0.25, -0.2) is 5.10 Å². The average Bonchev–Trinajstić information content (AvgIpc) is 3.08. The number of carbonyl (C=O) groups is 2. The Balaban J connectivity index is 2.15. The lowest BCUT2D eigenvalue weighted by atomic mass is 10.0. The summed E-state index contributed by atoms with van der Waals surface area (Å²) in [5.74, 6) is -2.51. The van der Waals surface area contributed by atoms with Crippen LogP contribution < -0.4 is 10.9 Å². The summed E-state index contributed by atoms with van der Waals surface area (Å²) in [6, 6.07) is 0. The van der Waals surface area contributed by atoms with Crippen LogP contribution in [0.5, 0.6) is 0 Å². The van der Waals surface area contributed by atoms with E-state index in [0.717, 1.165) is 11.3 Å². The number of hydrogen-bond acceptors (Lipinski definition) is 4. The number of aryl methyl sites for hydroxylation is 1. The molecule has 126 valence electrons. The van der Waals surface area contributed by atoms with Crippen LogP contribution in [0.3, 0.4) is 0 Å². The Bertz CT molecular complexity index is 693. The molecule has 1 fully saturated rings. The molecule has 0 radical (unpaired) electrons. The first-order valence-corrected chi connectivity index (χ1v) is 7.85. The third-order valence-corrected chi connectivity index (χ3v) is 4.78. The van der Waals surface area contributed by atoms with Gasteiger partial charge in [-0.2, -0.15) is 5.10 Å². The van der Waals surface area contributed by atoms with Crippen LogP contribution in [0.15, 0.2) is 4.79 Å². The van der Waals surface area contributed by atoms with Gasteiger partial charge in [0.15, 0.2) is 0 Å². The van der Waals surface area contributed by atoms with Crippen LogP contribution in [0, 0.1) is 17.3 Å². The molecule has 23 heavy (non-hydrogen) atoms. The maximum absolute atomic E-state index is 12.3. The van der Waals surface area contributed by atoms with Crippen molar-refractivity contribution in [3.63, 3.8) is 0 Å². The minimum atomic E-state index is -0.959. The number of H-pyrrole nitrogens is 1. The fourth-order valence-electron chi connectivity index (χ4n) is 3.33. The number of nitrogens with one attached hydrogen (secondary N) is 2. The molecule has 1 saturated carbocycles. The largest absolute Gasteiger partial charge is 0.481 e. The number of carbonyl (C=O) groups excluding carboxylic acids is 1. The average molecular weight is 321 g/mol. The van der Waals surface area contributed by atoms with E-state index in [9.17, 15) is 14.4 Å². The van der Waals surface area contributed by atoms with E-state index in [1.165, 1.54) is 0 Å². The van der Waals surface area contributed by atoms with Gasteiger partial charge in [-0.1, -0.05) is 27.7 Å². The molecule has 0 aliphatic heterocycles. The second-order valence-electron chi connectivity index (χ2n) is 6.50. The monoisotopic (exact) mass is 321 g/mol. The summed E-state index contributed by atoms with van der Waals surface area (Å²) in [6.45, 7) is 7.51. The van der Waals surface area contributed by atoms with E-state index in [1.54, 1.807) is 13.8 Å². The maximum atomic E-state index is 12.3. The lowest BCUT2D eigenvalue weighted by molar-refractivity contribution is -0.140.